The van der Waals surface area contributed by atoms with E-state index in [2.05, 4.69) is 15.3 Å². The lowest BCUT2D eigenvalue weighted by molar-refractivity contribution is 0.391. The number of pyridine rings is 2. The summed E-state index contributed by atoms with van der Waals surface area (Å²) < 4.78 is 28.1. The first-order chi connectivity index (χ1) is 15.4. The smallest absolute Gasteiger partial charge is 0.243 e. The molecule has 4 aromatic rings. The standard InChI is InChI=1S/C25H24N4O2S/c1-17-11-18(2)13-22(12-17)32(30,31)29-10-8-23-20(16-29)7-9-26-25(23)28-21-14-19-5-3-4-6-24(19)27-15-21/h3-7,9,11-15H,8,10,16H2,1-2H3,(H,26,28). The molecule has 0 fully saturated rings. The average molecular weight is 445 g/mol. The first-order valence-electron chi connectivity index (χ1n) is 10.6. The van der Waals surface area contributed by atoms with Crippen molar-refractivity contribution in [2.24, 2.45) is 0 Å². The summed E-state index contributed by atoms with van der Waals surface area (Å²) in [5.41, 5.74) is 5.70. The van der Waals surface area contributed by atoms with Crippen LogP contribution in [0.4, 0.5) is 11.5 Å². The van der Waals surface area contributed by atoms with Crippen molar-refractivity contribution >= 4 is 32.4 Å². The van der Waals surface area contributed by atoms with E-state index in [1.807, 2.05) is 56.3 Å². The number of nitrogens with one attached hydrogen (secondary N) is 1. The second-order valence-corrected chi connectivity index (χ2v) is 10.2. The monoisotopic (exact) mass is 444 g/mol. The van der Waals surface area contributed by atoms with E-state index in [0.717, 1.165) is 44.7 Å². The highest BCUT2D eigenvalue weighted by Gasteiger charge is 2.30. The molecule has 0 unspecified atom stereocenters. The summed E-state index contributed by atoms with van der Waals surface area (Å²) in [5.74, 6) is 0.753. The molecule has 0 bridgehead atoms. The molecule has 32 heavy (non-hydrogen) atoms. The molecule has 1 N–H and O–H groups in total. The summed E-state index contributed by atoms with van der Waals surface area (Å²) in [5, 5.41) is 4.43. The fourth-order valence-corrected chi connectivity index (χ4v) is 5.89. The van der Waals surface area contributed by atoms with Gasteiger partial charge in [0.2, 0.25) is 10.0 Å². The Hall–Kier alpha value is -3.29. The summed E-state index contributed by atoms with van der Waals surface area (Å²) in [6.07, 6.45) is 4.11. The molecule has 0 saturated carbocycles. The van der Waals surface area contributed by atoms with Crippen molar-refractivity contribution in [1.29, 1.82) is 0 Å². The maximum Gasteiger partial charge on any atom is 0.243 e. The Labute approximate surface area is 188 Å². The lowest BCUT2D eigenvalue weighted by atomic mass is 10.0. The van der Waals surface area contributed by atoms with Crippen LogP contribution in [0.3, 0.4) is 0 Å². The quantitative estimate of drug-likeness (QED) is 0.492. The molecule has 0 radical (unpaired) electrons. The van der Waals surface area contributed by atoms with Gasteiger partial charge in [0.1, 0.15) is 5.82 Å². The number of benzene rings is 2. The highest BCUT2D eigenvalue weighted by molar-refractivity contribution is 7.89. The Bertz CT molecular complexity index is 1410. The third-order valence-corrected chi connectivity index (χ3v) is 7.62. The average Bonchev–Trinajstić information content (AvgIpc) is 2.78. The fourth-order valence-electron chi connectivity index (χ4n) is 4.28. The molecule has 7 heteroatoms. The van der Waals surface area contributed by atoms with E-state index < -0.39 is 10.0 Å². The van der Waals surface area contributed by atoms with Crippen molar-refractivity contribution in [2.75, 3.05) is 11.9 Å². The lowest BCUT2D eigenvalue weighted by Crippen LogP contribution is -2.36. The number of rotatable bonds is 4. The molecule has 3 heterocycles. The zero-order valence-electron chi connectivity index (χ0n) is 18.0. The zero-order valence-corrected chi connectivity index (χ0v) is 18.9. The lowest BCUT2D eigenvalue weighted by Gasteiger charge is -2.29. The minimum Gasteiger partial charge on any atom is -0.339 e. The SMILES string of the molecule is Cc1cc(C)cc(S(=O)(=O)N2CCc3c(ccnc3Nc3cnc4ccccc4c3)C2)c1. The van der Waals surface area contributed by atoms with Crippen molar-refractivity contribution in [1.82, 2.24) is 14.3 Å². The predicted octanol–water partition coefficient (Wildman–Crippen LogP) is 4.74. The van der Waals surface area contributed by atoms with Gasteiger partial charge in [0.15, 0.2) is 0 Å². The number of aromatic nitrogens is 2. The van der Waals surface area contributed by atoms with Crippen LogP contribution in [-0.4, -0.2) is 29.2 Å². The summed E-state index contributed by atoms with van der Waals surface area (Å²) in [7, 11) is -3.56. The van der Waals surface area contributed by atoms with Crippen molar-refractivity contribution < 1.29 is 8.42 Å². The number of anilines is 2. The van der Waals surface area contributed by atoms with Crippen molar-refractivity contribution in [3.05, 3.63) is 89.2 Å². The van der Waals surface area contributed by atoms with Crippen molar-refractivity contribution in [2.45, 2.75) is 31.7 Å². The molecule has 6 nitrogen and oxygen atoms in total. The van der Waals surface area contributed by atoms with E-state index in [-0.39, 0.29) is 0 Å². The first kappa shape index (κ1) is 20.6. The normalized spacial score (nSPS) is 14.3. The molecular formula is C25H24N4O2S. The molecule has 0 spiro atoms. The Balaban J connectivity index is 1.43. The van der Waals surface area contributed by atoms with Gasteiger partial charge in [-0.1, -0.05) is 24.3 Å². The third-order valence-electron chi connectivity index (χ3n) is 5.80. The van der Waals surface area contributed by atoms with Gasteiger partial charge in [0.25, 0.3) is 0 Å². The minimum absolute atomic E-state index is 0.331. The maximum absolute atomic E-state index is 13.3. The zero-order chi connectivity index (χ0) is 22.3. The molecule has 0 aliphatic carbocycles. The van der Waals surface area contributed by atoms with Crippen LogP contribution in [0.2, 0.25) is 0 Å². The van der Waals surface area contributed by atoms with Gasteiger partial charge in [-0.2, -0.15) is 4.31 Å². The highest BCUT2D eigenvalue weighted by Crippen LogP contribution is 2.30. The van der Waals surface area contributed by atoms with Crippen LogP contribution in [0.5, 0.6) is 0 Å². The van der Waals surface area contributed by atoms with Gasteiger partial charge in [0, 0.05) is 30.2 Å². The minimum atomic E-state index is -3.56. The summed E-state index contributed by atoms with van der Waals surface area (Å²) in [4.78, 5) is 9.39. The van der Waals surface area contributed by atoms with Gasteiger partial charge >= 0.3 is 0 Å². The number of hydrogen-bond acceptors (Lipinski definition) is 5. The highest BCUT2D eigenvalue weighted by atomic mass is 32.2. The second-order valence-electron chi connectivity index (χ2n) is 8.25. The predicted molar refractivity (Wildman–Crippen MR) is 126 cm³/mol. The van der Waals surface area contributed by atoms with Crippen molar-refractivity contribution in [3.63, 3.8) is 0 Å². The molecule has 0 amide bonds. The number of hydrogen-bond donors (Lipinski definition) is 1. The molecule has 2 aromatic heterocycles. The molecule has 162 valence electrons. The molecule has 0 saturated heterocycles. The van der Waals surface area contributed by atoms with Gasteiger partial charge in [-0.25, -0.2) is 13.4 Å². The maximum atomic E-state index is 13.3. The molecule has 0 atom stereocenters. The van der Waals surface area contributed by atoms with E-state index in [4.69, 9.17) is 0 Å². The number of sulfonamides is 1. The summed E-state index contributed by atoms with van der Waals surface area (Å²) in [6, 6.07) is 17.4. The van der Waals surface area contributed by atoms with Crippen molar-refractivity contribution in [3.8, 4) is 0 Å². The van der Waals surface area contributed by atoms with Crippen LogP contribution >= 0.6 is 0 Å². The van der Waals surface area contributed by atoms with Crippen LogP contribution in [0.25, 0.3) is 10.9 Å². The first-order valence-corrected chi connectivity index (χ1v) is 12.0. The van der Waals surface area contributed by atoms with Crippen LogP contribution in [0, 0.1) is 13.8 Å². The molecule has 2 aromatic carbocycles. The Morgan fingerprint density at radius 2 is 1.75 bits per heavy atom. The molecule has 1 aliphatic heterocycles. The Kier molecular flexibility index (Phi) is 5.15. The van der Waals surface area contributed by atoms with Crippen LogP contribution in [0.1, 0.15) is 22.3 Å². The number of aryl methyl sites for hydroxylation is 2. The molecule has 5 rings (SSSR count). The van der Waals surface area contributed by atoms with E-state index in [0.29, 0.717) is 24.4 Å². The van der Waals surface area contributed by atoms with Crippen LogP contribution in [0.15, 0.2) is 71.9 Å². The Morgan fingerprint density at radius 1 is 0.969 bits per heavy atom. The van der Waals surface area contributed by atoms with Gasteiger partial charge in [0.05, 0.1) is 22.3 Å². The number of para-hydroxylation sites is 1. The van der Waals surface area contributed by atoms with Gasteiger partial charge in [-0.05, 0) is 67.3 Å². The van der Waals surface area contributed by atoms with Crippen LogP contribution < -0.4 is 5.32 Å². The van der Waals surface area contributed by atoms with E-state index in [1.165, 1.54) is 0 Å². The molecule has 1 aliphatic rings. The number of nitrogens with zero attached hydrogens (tertiary/aromatic N) is 3. The van der Waals surface area contributed by atoms with Gasteiger partial charge < -0.3 is 5.32 Å². The molecular weight excluding hydrogens is 420 g/mol. The Morgan fingerprint density at radius 3 is 2.56 bits per heavy atom. The number of fused-ring (bicyclic) bond motifs is 2. The van der Waals surface area contributed by atoms with E-state index in [9.17, 15) is 8.42 Å². The summed E-state index contributed by atoms with van der Waals surface area (Å²) >= 11 is 0. The van der Waals surface area contributed by atoms with Crippen LogP contribution in [-0.2, 0) is 23.0 Å². The van der Waals surface area contributed by atoms with Gasteiger partial charge in [-0.3, -0.25) is 4.98 Å². The van der Waals surface area contributed by atoms with E-state index >= 15 is 0 Å². The topological polar surface area (TPSA) is 75.2 Å². The fraction of sp³-hybridized carbons (Fsp3) is 0.200. The summed E-state index contributed by atoms with van der Waals surface area (Å²) in [6.45, 7) is 4.59. The third kappa shape index (κ3) is 3.85. The van der Waals surface area contributed by atoms with Gasteiger partial charge in [-0.15, -0.1) is 0 Å². The largest absolute Gasteiger partial charge is 0.339 e. The second kappa shape index (κ2) is 8.00. The van der Waals surface area contributed by atoms with E-state index in [1.54, 1.807) is 28.8 Å².